The molecule has 1 unspecified atom stereocenters. The lowest BCUT2D eigenvalue weighted by atomic mass is 10.0. The van der Waals surface area contributed by atoms with Crippen LogP contribution in [0.2, 0.25) is 5.02 Å². The molecule has 35 heavy (non-hydrogen) atoms. The Morgan fingerprint density at radius 1 is 1.00 bits per heavy atom. The zero-order chi connectivity index (χ0) is 24.5. The van der Waals surface area contributed by atoms with Gasteiger partial charge in [-0.05, 0) is 49.4 Å². The first kappa shape index (κ1) is 23.0. The Morgan fingerprint density at radius 2 is 1.74 bits per heavy atom. The fraction of sp³-hybridized carbons (Fsp3) is 0.192. The van der Waals surface area contributed by atoms with Gasteiger partial charge >= 0.3 is 6.03 Å². The Balaban J connectivity index is 1.37. The third kappa shape index (κ3) is 4.61. The lowest BCUT2D eigenvalue weighted by Gasteiger charge is -2.40. The molecule has 1 aliphatic heterocycles. The molecule has 5 rings (SSSR count). The summed E-state index contributed by atoms with van der Waals surface area (Å²) in [7, 11) is 0. The quantitative estimate of drug-likeness (QED) is 0.382. The van der Waals surface area contributed by atoms with Crippen LogP contribution in [-0.2, 0) is 0 Å². The molecule has 9 heteroatoms. The van der Waals surface area contributed by atoms with E-state index in [1.807, 2.05) is 31.2 Å². The van der Waals surface area contributed by atoms with E-state index >= 15 is 0 Å². The molecule has 4 aromatic rings. The number of piperazine rings is 1. The molecular formula is C26H22ClF2N5O. The largest absolute Gasteiger partial charge is 0.348 e. The average Bonchev–Trinajstić information content (AvgIpc) is 2.86. The number of carbonyl (C=O) groups is 1. The van der Waals surface area contributed by atoms with Crippen LogP contribution >= 0.6 is 11.6 Å². The molecule has 0 spiro atoms. The smallest absolute Gasteiger partial charge is 0.321 e. The van der Waals surface area contributed by atoms with E-state index in [1.54, 1.807) is 17.0 Å². The van der Waals surface area contributed by atoms with Crippen LogP contribution in [0.4, 0.5) is 25.1 Å². The van der Waals surface area contributed by atoms with Crippen molar-refractivity contribution in [2.75, 3.05) is 29.9 Å². The van der Waals surface area contributed by atoms with Gasteiger partial charge in [-0.15, -0.1) is 10.2 Å². The molecular weight excluding hydrogens is 472 g/mol. The van der Waals surface area contributed by atoms with Crippen LogP contribution in [0.5, 0.6) is 0 Å². The summed E-state index contributed by atoms with van der Waals surface area (Å²) < 4.78 is 26.8. The van der Waals surface area contributed by atoms with Crippen LogP contribution in [0.3, 0.4) is 0 Å². The molecule has 0 saturated carbocycles. The standard InChI is InChI=1S/C26H22ClF2N5O/c1-16-15-33(26(35)30-19-10-11-23(29)22(27)14-19)12-13-34(16)25-21-5-3-2-4-20(21)24(31-32-25)17-6-8-18(28)9-7-17/h2-11,14,16H,12-13,15H2,1H3,(H,30,35). The predicted octanol–water partition coefficient (Wildman–Crippen LogP) is 5.97. The minimum Gasteiger partial charge on any atom is -0.348 e. The average molecular weight is 494 g/mol. The third-order valence-corrected chi connectivity index (χ3v) is 6.43. The van der Waals surface area contributed by atoms with E-state index in [0.29, 0.717) is 31.0 Å². The van der Waals surface area contributed by atoms with E-state index in [2.05, 4.69) is 20.4 Å². The number of nitrogens with zero attached hydrogens (tertiary/aromatic N) is 4. The van der Waals surface area contributed by atoms with E-state index < -0.39 is 5.82 Å². The zero-order valence-electron chi connectivity index (χ0n) is 18.9. The van der Waals surface area contributed by atoms with Gasteiger partial charge in [0.25, 0.3) is 0 Å². The second kappa shape index (κ2) is 9.46. The first-order valence-electron chi connectivity index (χ1n) is 11.2. The van der Waals surface area contributed by atoms with E-state index in [4.69, 9.17) is 11.6 Å². The molecule has 1 atom stereocenters. The second-order valence-corrected chi connectivity index (χ2v) is 8.88. The molecule has 0 aliphatic carbocycles. The number of anilines is 2. The molecule has 2 heterocycles. The summed E-state index contributed by atoms with van der Waals surface area (Å²) in [6, 6.07) is 17.9. The van der Waals surface area contributed by atoms with Crippen LogP contribution in [-0.4, -0.2) is 46.8 Å². The summed E-state index contributed by atoms with van der Waals surface area (Å²) in [5.74, 6) is -0.101. The lowest BCUT2D eigenvalue weighted by molar-refractivity contribution is 0.200. The van der Waals surface area contributed by atoms with Gasteiger partial charge in [-0.2, -0.15) is 0 Å². The molecule has 1 aliphatic rings. The molecule has 178 valence electrons. The zero-order valence-corrected chi connectivity index (χ0v) is 19.6. The van der Waals surface area contributed by atoms with Gasteiger partial charge in [0.2, 0.25) is 0 Å². The number of halogens is 3. The van der Waals surface area contributed by atoms with Crippen LogP contribution in [0.1, 0.15) is 6.92 Å². The minimum atomic E-state index is -0.536. The van der Waals surface area contributed by atoms with Gasteiger partial charge in [-0.1, -0.05) is 35.9 Å². The fourth-order valence-corrected chi connectivity index (χ4v) is 4.54. The highest BCUT2D eigenvalue weighted by Gasteiger charge is 2.29. The van der Waals surface area contributed by atoms with Crippen molar-refractivity contribution >= 4 is 39.9 Å². The van der Waals surface area contributed by atoms with Crippen LogP contribution < -0.4 is 10.2 Å². The Morgan fingerprint density at radius 3 is 2.46 bits per heavy atom. The molecule has 3 aromatic carbocycles. The molecule has 0 bridgehead atoms. The number of hydrogen-bond donors (Lipinski definition) is 1. The van der Waals surface area contributed by atoms with Crippen LogP contribution in [0, 0.1) is 11.6 Å². The minimum absolute atomic E-state index is 0.0271. The number of carbonyl (C=O) groups excluding carboxylic acids is 1. The third-order valence-electron chi connectivity index (χ3n) is 6.14. The highest BCUT2D eigenvalue weighted by atomic mass is 35.5. The summed E-state index contributed by atoms with van der Waals surface area (Å²) in [4.78, 5) is 16.6. The highest BCUT2D eigenvalue weighted by Crippen LogP contribution is 2.33. The molecule has 1 saturated heterocycles. The summed E-state index contributed by atoms with van der Waals surface area (Å²) in [6.07, 6.45) is 0. The Kier molecular flexibility index (Phi) is 6.21. The van der Waals surface area contributed by atoms with Crippen molar-refractivity contribution in [1.82, 2.24) is 15.1 Å². The number of urea groups is 1. The first-order valence-corrected chi connectivity index (χ1v) is 11.6. The van der Waals surface area contributed by atoms with Gasteiger partial charge in [0.05, 0.1) is 5.02 Å². The van der Waals surface area contributed by atoms with Gasteiger partial charge < -0.3 is 15.1 Å². The van der Waals surface area contributed by atoms with Crippen molar-refractivity contribution < 1.29 is 13.6 Å². The van der Waals surface area contributed by atoms with E-state index in [1.165, 1.54) is 30.3 Å². The van der Waals surface area contributed by atoms with Crippen molar-refractivity contribution in [3.63, 3.8) is 0 Å². The Labute approximate surface area is 206 Å². The summed E-state index contributed by atoms with van der Waals surface area (Å²) in [5.41, 5.74) is 1.91. The van der Waals surface area contributed by atoms with Crippen molar-refractivity contribution in [3.8, 4) is 11.3 Å². The number of rotatable bonds is 3. The molecule has 6 nitrogen and oxygen atoms in total. The van der Waals surface area contributed by atoms with E-state index in [0.717, 1.165) is 22.2 Å². The molecule has 0 radical (unpaired) electrons. The van der Waals surface area contributed by atoms with Crippen molar-refractivity contribution in [2.45, 2.75) is 13.0 Å². The van der Waals surface area contributed by atoms with Gasteiger partial charge in [0.1, 0.15) is 17.3 Å². The summed E-state index contributed by atoms with van der Waals surface area (Å²) in [6.45, 7) is 3.53. The lowest BCUT2D eigenvalue weighted by Crippen LogP contribution is -2.55. The topological polar surface area (TPSA) is 61.4 Å². The molecule has 2 amide bonds. The summed E-state index contributed by atoms with van der Waals surface area (Å²) >= 11 is 5.82. The predicted molar refractivity (Wildman–Crippen MR) is 134 cm³/mol. The Hall–Kier alpha value is -3.78. The first-order chi connectivity index (χ1) is 16.9. The number of aromatic nitrogens is 2. The van der Waals surface area contributed by atoms with Gasteiger partial charge in [-0.3, -0.25) is 0 Å². The van der Waals surface area contributed by atoms with Crippen LogP contribution in [0.15, 0.2) is 66.7 Å². The number of amides is 2. The van der Waals surface area contributed by atoms with Gasteiger partial charge in [0.15, 0.2) is 5.82 Å². The number of hydrogen-bond acceptors (Lipinski definition) is 4. The van der Waals surface area contributed by atoms with Crippen LogP contribution in [0.25, 0.3) is 22.0 Å². The highest BCUT2D eigenvalue weighted by molar-refractivity contribution is 6.31. The summed E-state index contributed by atoms with van der Waals surface area (Å²) in [5, 5.41) is 13.6. The van der Waals surface area contributed by atoms with E-state index in [9.17, 15) is 13.6 Å². The normalized spacial score (nSPS) is 15.9. The second-order valence-electron chi connectivity index (χ2n) is 8.47. The van der Waals surface area contributed by atoms with E-state index in [-0.39, 0.29) is 22.9 Å². The Bertz CT molecular complexity index is 1400. The maximum atomic E-state index is 13.4. The maximum Gasteiger partial charge on any atom is 0.321 e. The monoisotopic (exact) mass is 493 g/mol. The number of nitrogens with one attached hydrogen (secondary N) is 1. The van der Waals surface area contributed by atoms with Gasteiger partial charge in [0, 0.05) is 47.7 Å². The van der Waals surface area contributed by atoms with Gasteiger partial charge in [-0.25, -0.2) is 13.6 Å². The number of benzene rings is 3. The SMILES string of the molecule is CC1CN(C(=O)Nc2ccc(F)c(Cl)c2)CCN1c1nnc(-c2ccc(F)cc2)c2ccccc12. The van der Waals surface area contributed by atoms with Crippen molar-refractivity contribution in [1.29, 1.82) is 0 Å². The van der Waals surface area contributed by atoms with Crippen molar-refractivity contribution in [3.05, 3.63) is 83.4 Å². The molecule has 1 aromatic heterocycles. The fourth-order valence-electron chi connectivity index (χ4n) is 4.36. The molecule has 1 fully saturated rings. The van der Waals surface area contributed by atoms with Crippen molar-refractivity contribution in [2.24, 2.45) is 0 Å². The maximum absolute atomic E-state index is 13.4. The number of fused-ring (bicyclic) bond motifs is 1. The molecule has 1 N–H and O–H groups in total.